The van der Waals surface area contributed by atoms with Gasteiger partial charge in [-0.2, -0.15) is 0 Å². The van der Waals surface area contributed by atoms with Gasteiger partial charge in [0.25, 0.3) is 0 Å². The summed E-state index contributed by atoms with van der Waals surface area (Å²) >= 11 is 5.90. The van der Waals surface area contributed by atoms with Crippen molar-refractivity contribution in [3.8, 4) is 0 Å². The first-order chi connectivity index (χ1) is 9.50. The molecule has 0 spiro atoms. The third-order valence-corrected chi connectivity index (χ3v) is 3.74. The van der Waals surface area contributed by atoms with Crippen LogP contribution in [0.5, 0.6) is 0 Å². The van der Waals surface area contributed by atoms with Crippen LogP contribution in [-0.2, 0) is 11.2 Å². The summed E-state index contributed by atoms with van der Waals surface area (Å²) in [7, 11) is 0. The second-order valence-corrected chi connectivity index (χ2v) is 5.04. The lowest BCUT2D eigenvalue weighted by atomic mass is 9.89. The molecule has 0 saturated carbocycles. The lowest BCUT2D eigenvalue weighted by Gasteiger charge is -2.16. The zero-order valence-corrected chi connectivity index (χ0v) is 11.7. The molecule has 104 valence electrons. The molecule has 2 nitrogen and oxygen atoms in total. The first kappa shape index (κ1) is 14.5. The number of hydrogen-bond donors (Lipinski definition) is 1. The van der Waals surface area contributed by atoms with Crippen molar-refractivity contribution < 1.29 is 14.3 Å². The Hall–Kier alpha value is -1.87. The van der Waals surface area contributed by atoms with Crippen molar-refractivity contribution in [3.63, 3.8) is 0 Å². The van der Waals surface area contributed by atoms with E-state index in [4.69, 9.17) is 11.6 Å². The smallest absolute Gasteiger partial charge is 0.311 e. The molecule has 0 aromatic heterocycles. The van der Waals surface area contributed by atoms with Gasteiger partial charge < -0.3 is 5.11 Å². The van der Waals surface area contributed by atoms with E-state index in [0.717, 1.165) is 11.1 Å². The lowest BCUT2D eigenvalue weighted by Crippen LogP contribution is -2.16. The third kappa shape index (κ3) is 2.99. The fraction of sp³-hybridized carbons (Fsp3) is 0.188. The SMILES string of the molecule is Cc1ccccc1C(Cc1cccc(F)c1Cl)C(=O)O. The van der Waals surface area contributed by atoms with Gasteiger partial charge in [-0.1, -0.05) is 48.0 Å². The van der Waals surface area contributed by atoms with E-state index in [1.807, 2.05) is 19.1 Å². The Morgan fingerprint density at radius 1 is 1.25 bits per heavy atom. The fourth-order valence-corrected chi connectivity index (χ4v) is 2.44. The molecule has 0 aliphatic carbocycles. The van der Waals surface area contributed by atoms with Crippen LogP contribution in [-0.4, -0.2) is 11.1 Å². The number of carboxylic acids is 1. The van der Waals surface area contributed by atoms with E-state index in [2.05, 4.69) is 0 Å². The molecule has 2 aromatic rings. The minimum Gasteiger partial charge on any atom is -0.481 e. The average Bonchev–Trinajstić information content (AvgIpc) is 2.41. The van der Waals surface area contributed by atoms with E-state index in [0.29, 0.717) is 5.56 Å². The van der Waals surface area contributed by atoms with Crippen LogP contribution in [0.4, 0.5) is 4.39 Å². The highest BCUT2D eigenvalue weighted by atomic mass is 35.5. The second-order valence-electron chi connectivity index (χ2n) is 4.66. The highest BCUT2D eigenvalue weighted by Crippen LogP contribution is 2.28. The zero-order chi connectivity index (χ0) is 14.7. The van der Waals surface area contributed by atoms with Crippen LogP contribution in [0.25, 0.3) is 0 Å². The van der Waals surface area contributed by atoms with Crippen LogP contribution in [0.3, 0.4) is 0 Å². The lowest BCUT2D eigenvalue weighted by molar-refractivity contribution is -0.138. The summed E-state index contributed by atoms with van der Waals surface area (Å²) in [5.41, 5.74) is 2.12. The van der Waals surface area contributed by atoms with Gasteiger partial charge in [0.05, 0.1) is 10.9 Å². The molecule has 2 aromatic carbocycles. The van der Waals surface area contributed by atoms with Crippen molar-refractivity contribution >= 4 is 17.6 Å². The van der Waals surface area contributed by atoms with Gasteiger partial charge in [-0.25, -0.2) is 4.39 Å². The Balaban J connectivity index is 2.39. The molecular formula is C16H14ClFO2. The molecule has 20 heavy (non-hydrogen) atoms. The molecule has 1 unspecified atom stereocenters. The summed E-state index contributed by atoms with van der Waals surface area (Å²) in [6, 6.07) is 11.7. The summed E-state index contributed by atoms with van der Waals surface area (Å²) in [5, 5.41) is 9.43. The number of halogens is 2. The van der Waals surface area contributed by atoms with Crippen LogP contribution in [0, 0.1) is 12.7 Å². The monoisotopic (exact) mass is 292 g/mol. The fourth-order valence-electron chi connectivity index (χ4n) is 2.23. The normalized spacial score (nSPS) is 12.2. The van der Waals surface area contributed by atoms with Crippen molar-refractivity contribution in [2.75, 3.05) is 0 Å². The standard InChI is InChI=1S/C16H14ClFO2/c1-10-5-2-3-7-12(10)13(16(19)20)9-11-6-4-8-14(18)15(11)17/h2-8,13H,9H2,1H3,(H,19,20). The van der Waals surface area contributed by atoms with Gasteiger partial charge in [-0.15, -0.1) is 0 Å². The Kier molecular flexibility index (Phi) is 4.40. The van der Waals surface area contributed by atoms with E-state index in [9.17, 15) is 14.3 Å². The highest BCUT2D eigenvalue weighted by molar-refractivity contribution is 6.31. The van der Waals surface area contributed by atoms with Gasteiger partial charge >= 0.3 is 5.97 Å². The maximum atomic E-state index is 13.4. The van der Waals surface area contributed by atoms with Crippen molar-refractivity contribution in [2.24, 2.45) is 0 Å². The van der Waals surface area contributed by atoms with E-state index < -0.39 is 17.7 Å². The minimum absolute atomic E-state index is 0.00710. The van der Waals surface area contributed by atoms with Gasteiger partial charge in [-0.3, -0.25) is 4.79 Å². The van der Waals surface area contributed by atoms with Crippen molar-refractivity contribution in [1.82, 2.24) is 0 Å². The second kappa shape index (κ2) is 6.06. The van der Waals surface area contributed by atoms with E-state index in [-0.39, 0.29) is 11.4 Å². The molecule has 0 fully saturated rings. The predicted octanol–water partition coefficient (Wildman–Crippen LogP) is 4.20. The summed E-state index contributed by atoms with van der Waals surface area (Å²) in [5.74, 6) is -2.21. The first-order valence-corrected chi connectivity index (χ1v) is 6.59. The van der Waals surface area contributed by atoms with Crippen LogP contribution < -0.4 is 0 Å². The number of aryl methyl sites for hydroxylation is 1. The third-order valence-electron chi connectivity index (χ3n) is 3.32. The average molecular weight is 293 g/mol. The van der Waals surface area contributed by atoms with Crippen LogP contribution >= 0.6 is 11.6 Å². The summed E-state index contributed by atoms with van der Waals surface area (Å²) in [6.45, 7) is 1.86. The van der Waals surface area contributed by atoms with Crippen molar-refractivity contribution in [2.45, 2.75) is 19.3 Å². The van der Waals surface area contributed by atoms with Gasteiger partial charge in [0.2, 0.25) is 0 Å². The van der Waals surface area contributed by atoms with Crippen molar-refractivity contribution in [1.29, 1.82) is 0 Å². The topological polar surface area (TPSA) is 37.3 Å². The van der Waals surface area contributed by atoms with Crippen LogP contribution in [0.1, 0.15) is 22.6 Å². The summed E-state index contributed by atoms with van der Waals surface area (Å²) in [6.07, 6.45) is 0.163. The number of carboxylic acid groups (broad SMARTS) is 1. The quantitative estimate of drug-likeness (QED) is 0.917. The molecule has 0 saturated heterocycles. The van der Waals surface area contributed by atoms with E-state index >= 15 is 0 Å². The van der Waals surface area contributed by atoms with E-state index in [1.54, 1.807) is 18.2 Å². The van der Waals surface area contributed by atoms with Gasteiger partial charge in [0.1, 0.15) is 5.82 Å². The molecular weight excluding hydrogens is 279 g/mol. The molecule has 0 amide bonds. The van der Waals surface area contributed by atoms with Gasteiger partial charge in [-0.05, 0) is 36.1 Å². The Labute approximate surface area is 121 Å². The maximum Gasteiger partial charge on any atom is 0.311 e. The highest BCUT2D eigenvalue weighted by Gasteiger charge is 2.23. The molecule has 1 atom stereocenters. The largest absolute Gasteiger partial charge is 0.481 e. The Bertz CT molecular complexity index is 640. The summed E-state index contributed by atoms with van der Waals surface area (Å²) < 4.78 is 13.4. The molecule has 0 bridgehead atoms. The van der Waals surface area contributed by atoms with Gasteiger partial charge in [0.15, 0.2) is 0 Å². The molecule has 0 aliphatic rings. The molecule has 4 heteroatoms. The summed E-state index contributed by atoms with van der Waals surface area (Å²) in [4.78, 5) is 11.5. The Morgan fingerprint density at radius 2 is 1.95 bits per heavy atom. The van der Waals surface area contributed by atoms with Crippen molar-refractivity contribution in [3.05, 3.63) is 70.0 Å². The molecule has 2 rings (SSSR count). The molecule has 0 aliphatic heterocycles. The maximum absolute atomic E-state index is 13.4. The molecule has 1 N–H and O–H groups in total. The van der Waals surface area contributed by atoms with Crippen LogP contribution in [0.2, 0.25) is 5.02 Å². The number of carbonyl (C=O) groups is 1. The Morgan fingerprint density at radius 3 is 2.60 bits per heavy atom. The van der Waals surface area contributed by atoms with E-state index in [1.165, 1.54) is 12.1 Å². The number of benzene rings is 2. The molecule has 0 heterocycles. The number of hydrogen-bond acceptors (Lipinski definition) is 1. The number of rotatable bonds is 4. The minimum atomic E-state index is -0.945. The molecule has 0 radical (unpaired) electrons. The predicted molar refractivity (Wildman–Crippen MR) is 76.7 cm³/mol. The zero-order valence-electron chi connectivity index (χ0n) is 10.9. The van der Waals surface area contributed by atoms with Gasteiger partial charge in [0, 0.05) is 0 Å². The first-order valence-electron chi connectivity index (χ1n) is 6.22. The number of aliphatic carboxylic acids is 1. The van der Waals surface area contributed by atoms with Crippen LogP contribution in [0.15, 0.2) is 42.5 Å².